The van der Waals surface area contributed by atoms with Gasteiger partial charge in [0.05, 0.1) is 6.20 Å². The summed E-state index contributed by atoms with van der Waals surface area (Å²) in [6.07, 6.45) is 1.65. The fourth-order valence-electron chi connectivity index (χ4n) is 3.03. The highest BCUT2D eigenvalue weighted by atomic mass is 35.5. The predicted octanol–water partition coefficient (Wildman–Crippen LogP) is 4.56. The van der Waals surface area contributed by atoms with E-state index < -0.39 is 0 Å². The van der Waals surface area contributed by atoms with Crippen molar-refractivity contribution in [1.82, 2.24) is 14.9 Å². The van der Waals surface area contributed by atoms with Crippen molar-refractivity contribution >= 4 is 29.1 Å². The Labute approximate surface area is 173 Å². The first-order valence-electron chi connectivity index (χ1n) is 9.33. The molecule has 0 unspecified atom stereocenters. The van der Waals surface area contributed by atoms with Crippen molar-refractivity contribution in [3.63, 3.8) is 0 Å². The van der Waals surface area contributed by atoms with Crippen LogP contribution in [0.5, 0.6) is 11.5 Å². The summed E-state index contributed by atoms with van der Waals surface area (Å²) in [4.78, 5) is 13.5. The third kappa shape index (κ3) is 4.93. The Kier molecular flexibility index (Phi) is 5.78. The number of likely N-dealkylation sites (N-methyl/N-ethyl adjacent to an activating group) is 1. The lowest BCUT2D eigenvalue weighted by Gasteiger charge is -2.33. The highest BCUT2D eigenvalue weighted by Gasteiger charge is 2.21. The zero-order valence-corrected chi connectivity index (χ0v) is 16.7. The van der Waals surface area contributed by atoms with E-state index >= 15 is 0 Å². The van der Waals surface area contributed by atoms with E-state index in [0.29, 0.717) is 34.0 Å². The van der Waals surface area contributed by atoms with Gasteiger partial charge in [-0.1, -0.05) is 11.6 Å². The van der Waals surface area contributed by atoms with Gasteiger partial charge in [-0.05, 0) is 55.6 Å². The number of rotatable bonds is 5. The molecule has 150 valence electrons. The Morgan fingerprint density at radius 3 is 2.38 bits per heavy atom. The van der Waals surface area contributed by atoms with Gasteiger partial charge in [-0.15, -0.1) is 0 Å². The van der Waals surface area contributed by atoms with Gasteiger partial charge in [0.25, 0.3) is 0 Å². The number of nitrogens with one attached hydrogen (secondary N) is 1. The minimum Gasteiger partial charge on any atom is -0.452 e. The standard InChI is InChI=1S/C21H21ClFN5O/c1-27-10-12-28(13-11-27)20-19(29-18-8-2-15(22)3-9-18)14-24-21(26-20)25-17-6-4-16(23)5-7-17/h2-9,14H,10-13H2,1H3,(H,24,25,26). The molecule has 1 aromatic heterocycles. The van der Waals surface area contributed by atoms with Gasteiger partial charge >= 0.3 is 0 Å². The van der Waals surface area contributed by atoms with Gasteiger partial charge in [-0.2, -0.15) is 4.98 Å². The first-order chi connectivity index (χ1) is 14.1. The smallest absolute Gasteiger partial charge is 0.229 e. The molecule has 8 heteroatoms. The molecule has 1 fully saturated rings. The van der Waals surface area contributed by atoms with Crippen molar-refractivity contribution < 1.29 is 9.13 Å². The van der Waals surface area contributed by atoms with Crippen molar-refractivity contribution in [1.29, 1.82) is 0 Å². The molecule has 0 atom stereocenters. The maximum absolute atomic E-state index is 13.2. The molecule has 6 nitrogen and oxygen atoms in total. The number of ether oxygens (including phenoxy) is 1. The summed E-state index contributed by atoms with van der Waals surface area (Å²) in [6.45, 7) is 3.54. The third-order valence-corrected chi connectivity index (χ3v) is 4.93. The summed E-state index contributed by atoms with van der Waals surface area (Å²) >= 11 is 5.96. The number of anilines is 3. The van der Waals surface area contributed by atoms with Crippen LogP contribution in [0.1, 0.15) is 0 Å². The molecule has 0 radical (unpaired) electrons. The summed E-state index contributed by atoms with van der Waals surface area (Å²) < 4.78 is 19.2. The van der Waals surface area contributed by atoms with E-state index in [1.54, 1.807) is 42.6 Å². The molecule has 4 rings (SSSR count). The molecule has 0 bridgehead atoms. The lowest BCUT2D eigenvalue weighted by Crippen LogP contribution is -2.45. The fourth-order valence-corrected chi connectivity index (χ4v) is 3.16. The SMILES string of the molecule is CN1CCN(c2nc(Nc3ccc(F)cc3)ncc2Oc2ccc(Cl)cc2)CC1. The van der Waals surface area contributed by atoms with E-state index in [0.717, 1.165) is 26.2 Å². The van der Waals surface area contributed by atoms with Crippen molar-refractivity contribution in [2.75, 3.05) is 43.4 Å². The van der Waals surface area contributed by atoms with Gasteiger partial charge in [0.2, 0.25) is 5.95 Å². The minimum absolute atomic E-state index is 0.290. The second-order valence-electron chi connectivity index (χ2n) is 6.86. The number of hydrogen-bond acceptors (Lipinski definition) is 6. The summed E-state index contributed by atoms with van der Waals surface area (Å²) in [5.74, 6) is 2.08. The number of benzene rings is 2. The van der Waals surface area contributed by atoms with E-state index in [9.17, 15) is 4.39 Å². The average Bonchev–Trinajstić information content (AvgIpc) is 2.73. The molecule has 2 aromatic carbocycles. The van der Waals surface area contributed by atoms with Crippen LogP contribution >= 0.6 is 11.6 Å². The monoisotopic (exact) mass is 413 g/mol. The summed E-state index contributed by atoms with van der Waals surface area (Å²) in [6, 6.07) is 13.2. The Hall–Kier alpha value is -2.90. The second kappa shape index (κ2) is 8.63. The third-order valence-electron chi connectivity index (χ3n) is 4.68. The highest BCUT2D eigenvalue weighted by molar-refractivity contribution is 6.30. The molecule has 2 heterocycles. The number of piperazine rings is 1. The Morgan fingerprint density at radius 2 is 1.69 bits per heavy atom. The van der Waals surface area contributed by atoms with Crippen LogP contribution in [0.2, 0.25) is 5.02 Å². The van der Waals surface area contributed by atoms with Gasteiger partial charge in [0, 0.05) is 36.9 Å². The molecular formula is C21H21ClFN5O. The Morgan fingerprint density at radius 1 is 1.00 bits per heavy atom. The van der Waals surface area contributed by atoms with Crippen molar-refractivity contribution in [2.24, 2.45) is 0 Å². The molecule has 0 amide bonds. The largest absolute Gasteiger partial charge is 0.452 e. The van der Waals surface area contributed by atoms with Gasteiger partial charge in [0.15, 0.2) is 11.6 Å². The molecule has 1 aliphatic rings. The molecule has 1 N–H and O–H groups in total. The highest BCUT2D eigenvalue weighted by Crippen LogP contribution is 2.32. The molecule has 3 aromatic rings. The first-order valence-corrected chi connectivity index (χ1v) is 9.71. The first kappa shape index (κ1) is 19.4. The molecule has 29 heavy (non-hydrogen) atoms. The zero-order valence-electron chi connectivity index (χ0n) is 16.0. The topological polar surface area (TPSA) is 53.5 Å². The van der Waals surface area contributed by atoms with E-state index in [-0.39, 0.29) is 5.82 Å². The van der Waals surface area contributed by atoms with Crippen molar-refractivity contribution in [3.8, 4) is 11.5 Å². The van der Waals surface area contributed by atoms with E-state index in [1.165, 1.54) is 12.1 Å². The summed E-state index contributed by atoms with van der Waals surface area (Å²) in [5, 5.41) is 3.76. The molecule has 1 saturated heterocycles. The van der Waals surface area contributed by atoms with Crippen LogP contribution in [0.3, 0.4) is 0 Å². The Balaban J connectivity index is 1.62. The van der Waals surface area contributed by atoms with E-state index in [4.69, 9.17) is 21.3 Å². The summed E-state index contributed by atoms with van der Waals surface area (Å²) in [7, 11) is 2.10. The van der Waals surface area contributed by atoms with Crippen LogP contribution in [-0.4, -0.2) is 48.1 Å². The summed E-state index contributed by atoms with van der Waals surface area (Å²) in [5.41, 5.74) is 0.710. The molecule has 0 spiro atoms. The maximum atomic E-state index is 13.2. The van der Waals surface area contributed by atoms with Crippen molar-refractivity contribution in [2.45, 2.75) is 0 Å². The van der Waals surface area contributed by atoms with Crippen LogP contribution < -0.4 is 15.0 Å². The normalized spacial score (nSPS) is 14.7. The van der Waals surface area contributed by atoms with Gasteiger partial charge in [-0.25, -0.2) is 9.37 Å². The van der Waals surface area contributed by atoms with E-state index in [1.807, 2.05) is 0 Å². The Bertz CT molecular complexity index is 960. The van der Waals surface area contributed by atoms with Crippen LogP contribution in [0.15, 0.2) is 54.7 Å². The number of hydrogen-bond donors (Lipinski definition) is 1. The zero-order chi connectivity index (χ0) is 20.2. The van der Waals surface area contributed by atoms with Crippen LogP contribution in [0.25, 0.3) is 0 Å². The lowest BCUT2D eigenvalue weighted by atomic mass is 10.3. The quantitative estimate of drug-likeness (QED) is 0.662. The van der Waals surface area contributed by atoms with E-state index in [2.05, 4.69) is 27.1 Å². The molecular weight excluding hydrogens is 393 g/mol. The lowest BCUT2D eigenvalue weighted by molar-refractivity contribution is 0.310. The maximum Gasteiger partial charge on any atom is 0.229 e. The van der Waals surface area contributed by atoms with Gasteiger partial charge in [-0.3, -0.25) is 0 Å². The number of aromatic nitrogens is 2. The molecule has 0 aliphatic carbocycles. The van der Waals surface area contributed by atoms with Crippen LogP contribution in [-0.2, 0) is 0 Å². The fraction of sp³-hybridized carbons (Fsp3) is 0.238. The van der Waals surface area contributed by atoms with Crippen LogP contribution in [0, 0.1) is 5.82 Å². The molecule has 0 saturated carbocycles. The van der Waals surface area contributed by atoms with Crippen molar-refractivity contribution in [3.05, 3.63) is 65.6 Å². The second-order valence-corrected chi connectivity index (χ2v) is 7.30. The van der Waals surface area contributed by atoms with Gasteiger partial charge < -0.3 is 19.9 Å². The van der Waals surface area contributed by atoms with Gasteiger partial charge in [0.1, 0.15) is 11.6 Å². The van der Waals surface area contributed by atoms with Crippen LogP contribution in [0.4, 0.5) is 21.8 Å². The number of nitrogens with zero attached hydrogens (tertiary/aromatic N) is 4. The predicted molar refractivity (Wildman–Crippen MR) is 113 cm³/mol. The average molecular weight is 414 g/mol. The molecule has 1 aliphatic heterocycles. The minimum atomic E-state index is -0.290. The number of halogens is 2.